The molecule has 0 aromatic carbocycles. The van der Waals surface area contributed by atoms with Gasteiger partial charge in [-0.15, -0.1) is 6.07 Å². The maximum atomic E-state index is 12.9. The van der Waals surface area contributed by atoms with E-state index < -0.39 is 17.4 Å². The molecule has 0 amide bonds. The number of nitrogens with zero attached hydrogens (tertiary/aromatic N) is 1. The fourth-order valence-electron chi connectivity index (χ4n) is 0.738. The number of halogens is 2. The number of aromatic nitrogens is 1. The van der Waals surface area contributed by atoms with E-state index in [4.69, 9.17) is 4.74 Å². The zero-order chi connectivity index (χ0) is 10.1. The van der Waals surface area contributed by atoms with Crippen LogP contribution in [0.25, 0.3) is 0 Å². The van der Waals surface area contributed by atoms with Gasteiger partial charge in [-0.1, -0.05) is 0 Å². The number of rotatable bonds is 1. The number of ether oxygens (including phenoxy) is 1. The third-order valence-electron chi connectivity index (χ3n) is 1.13. The first-order valence-corrected chi connectivity index (χ1v) is 3.81. The van der Waals surface area contributed by atoms with Gasteiger partial charge in [0.15, 0.2) is 0 Å². The summed E-state index contributed by atoms with van der Waals surface area (Å²) in [5, 5.41) is 0. The van der Waals surface area contributed by atoms with Crippen LogP contribution >= 0.6 is 0 Å². The molecule has 0 bridgehead atoms. The van der Waals surface area contributed by atoms with Crippen LogP contribution in [0.1, 0.15) is 20.8 Å². The van der Waals surface area contributed by atoms with Crippen molar-refractivity contribution in [3.63, 3.8) is 0 Å². The van der Waals surface area contributed by atoms with Crippen molar-refractivity contribution in [1.82, 2.24) is 4.98 Å². The Kier molecular flexibility index (Phi) is 4.55. The maximum Gasteiger partial charge on any atom is 0.124 e. The minimum atomic E-state index is -0.874. The summed E-state index contributed by atoms with van der Waals surface area (Å²) < 4.78 is 30.5. The van der Waals surface area contributed by atoms with Crippen LogP contribution in [0.2, 0.25) is 0 Å². The minimum absolute atomic E-state index is 0. The molecule has 0 fully saturated rings. The van der Waals surface area contributed by atoms with Crippen molar-refractivity contribution in [2.24, 2.45) is 0 Å². The molecule has 0 atom stereocenters. The van der Waals surface area contributed by atoms with Gasteiger partial charge in [0.25, 0.3) is 0 Å². The molecule has 0 aliphatic rings. The molecule has 1 heterocycles. The van der Waals surface area contributed by atoms with E-state index in [1.54, 1.807) is 20.8 Å². The molecule has 0 spiro atoms. The molecular formula is C9H10F2NOV-. The van der Waals surface area contributed by atoms with Crippen molar-refractivity contribution in [2.45, 2.75) is 26.4 Å². The largest absolute Gasteiger partial charge is 0.523 e. The molecule has 0 aliphatic carbocycles. The van der Waals surface area contributed by atoms with Crippen LogP contribution in [0.4, 0.5) is 8.78 Å². The third kappa shape index (κ3) is 4.07. The molecule has 0 N–H and O–H groups in total. The van der Waals surface area contributed by atoms with Gasteiger partial charge in [0.2, 0.25) is 0 Å². The van der Waals surface area contributed by atoms with E-state index in [2.05, 4.69) is 11.1 Å². The Labute approximate surface area is 93.6 Å². The smallest absolute Gasteiger partial charge is 0.124 e. The SMILES string of the molecule is CC(C)(C)Oc1[c-]c(F)ncc1F.[V]. The fraction of sp³-hybridized carbons (Fsp3) is 0.444. The Balaban J connectivity index is 0.00000169. The summed E-state index contributed by atoms with van der Waals surface area (Å²) in [4.78, 5) is 3.09. The number of pyridine rings is 1. The summed E-state index contributed by atoms with van der Waals surface area (Å²) in [6.07, 6.45) is 0.771. The van der Waals surface area contributed by atoms with Crippen molar-refractivity contribution in [1.29, 1.82) is 0 Å². The van der Waals surface area contributed by atoms with Crippen LogP contribution in [0.5, 0.6) is 5.75 Å². The third-order valence-corrected chi connectivity index (χ3v) is 1.13. The Hall–Kier alpha value is -0.606. The molecular weight excluding hydrogens is 227 g/mol. The van der Waals surface area contributed by atoms with E-state index in [9.17, 15) is 8.78 Å². The zero-order valence-electron chi connectivity index (χ0n) is 8.14. The van der Waals surface area contributed by atoms with Gasteiger partial charge in [0.1, 0.15) is 5.95 Å². The molecule has 1 aromatic rings. The van der Waals surface area contributed by atoms with Crippen LogP contribution in [0.3, 0.4) is 0 Å². The van der Waals surface area contributed by atoms with Gasteiger partial charge in [-0.05, 0) is 32.7 Å². The van der Waals surface area contributed by atoms with Crippen LogP contribution in [0, 0.1) is 17.8 Å². The molecule has 5 heteroatoms. The van der Waals surface area contributed by atoms with Crippen LogP contribution in [-0.4, -0.2) is 10.6 Å². The number of hydrogen-bond donors (Lipinski definition) is 0. The van der Waals surface area contributed by atoms with Gasteiger partial charge < -0.3 is 9.13 Å². The summed E-state index contributed by atoms with van der Waals surface area (Å²) >= 11 is 0. The molecule has 77 valence electrons. The second-order valence-corrected chi connectivity index (χ2v) is 3.57. The second kappa shape index (κ2) is 4.76. The predicted octanol–water partition coefficient (Wildman–Crippen LogP) is 2.33. The molecule has 0 aliphatic heterocycles. The summed E-state index contributed by atoms with van der Waals surface area (Å²) in [6.45, 7) is 5.20. The van der Waals surface area contributed by atoms with E-state index in [0.29, 0.717) is 0 Å². The molecule has 14 heavy (non-hydrogen) atoms. The van der Waals surface area contributed by atoms with Crippen LogP contribution < -0.4 is 4.74 Å². The quantitative estimate of drug-likeness (QED) is 0.552. The van der Waals surface area contributed by atoms with Gasteiger partial charge in [-0.25, -0.2) is 4.39 Å². The standard InChI is InChI=1S/C9H10F2NO.V/c1-9(2,3)13-7-4-8(11)12-5-6(7)10;/h5H,1-3H3;/q-1;. The molecule has 2 nitrogen and oxygen atoms in total. The van der Waals surface area contributed by atoms with Gasteiger partial charge in [0, 0.05) is 24.4 Å². The van der Waals surface area contributed by atoms with Crippen LogP contribution in [-0.2, 0) is 18.6 Å². The van der Waals surface area contributed by atoms with Crippen molar-refractivity contribution >= 4 is 0 Å². The van der Waals surface area contributed by atoms with Gasteiger partial charge in [0.05, 0.1) is 5.60 Å². The maximum absolute atomic E-state index is 12.9. The first-order chi connectivity index (χ1) is 5.88. The first kappa shape index (κ1) is 13.4. The van der Waals surface area contributed by atoms with Crippen molar-refractivity contribution in [3.8, 4) is 5.75 Å². The molecule has 1 aromatic heterocycles. The summed E-state index contributed by atoms with van der Waals surface area (Å²) in [5.74, 6) is -1.82. The average Bonchev–Trinajstić information content (AvgIpc) is 1.94. The summed E-state index contributed by atoms with van der Waals surface area (Å²) in [6, 6.07) is 2.06. The predicted molar refractivity (Wildman–Crippen MR) is 43.4 cm³/mol. The minimum Gasteiger partial charge on any atom is -0.523 e. The molecule has 1 radical (unpaired) electrons. The Bertz CT molecular complexity index is 312. The topological polar surface area (TPSA) is 22.1 Å². The molecule has 0 saturated heterocycles. The first-order valence-electron chi connectivity index (χ1n) is 3.81. The van der Waals surface area contributed by atoms with E-state index in [1.165, 1.54) is 0 Å². The van der Waals surface area contributed by atoms with E-state index >= 15 is 0 Å². The zero-order valence-corrected chi connectivity index (χ0v) is 9.53. The summed E-state index contributed by atoms with van der Waals surface area (Å²) in [7, 11) is 0. The Morgan fingerprint density at radius 3 is 2.43 bits per heavy atom. The van der Waals surface area contributed by atoms with E-state index in [-0.39, 0.29) is 24.3 Å². The molecule has 0 saturated carbocycles. The fourth-order valence-corrected chi connectivity index (χ4v) is 0.738. The number of hydrogen-bond acceptors (Lipinski definition) is 2. The summed E-state index contributed by atoms with van der Waals surface area (Å²) in [5.41, 5.74) is -0.578. The van der Waals surface area contributed by atoms with Gasteiger partial charge in [-0.2, -0.15) is 0 Å². The van der Waals surface area contributed by atoms with Crippen molar-refractivity contribution in [2.75, 3.05) is 0 Å². The second-order valence-electron chi connectivity index (χ2n) is 3.57. The average molecular weight is 237 g/mol. The van der Waals surface area contributed by atoms with Crippen molar-refractivity contribution < 1.29 is 32.1 Å². The van der Waals surface area contributed by atoms with Crippen molar-refractivity contribution in [3.05, 3.63) is 24.0 Å². The van der Waals surface area contributed by atoms with E-state index in [1.807, 2.05) is 0 Å². The van der Waals surface area contributed by atoms with Gasteiger partial charge >= 0.3 is 0 Å². The Morgan fingerprint density at radius 2 is 1.93 bits per heavy atom. The van der Waals surface area contributed by atoms with E-state index in [0.717, 1.165) is 6.20 Å². The molecule has 0 unspecified atom stereocenters. The van der Waals surface area contributed by atoms with Crippen LogP contribution in [0.15, 0.2) is 6.20 Å². The van der Waals surface area contributed by atoms with Gasteiger partial charge in [-0.3, -0.25) is 4.98 Å². The Morgan fingerprint density at radius 1 is 1.36 bits per heavy atom. The monoisotopic (exact) mass is 237 g/mol. The molecule has 1 rings (SSSR count). The normalized spacial score (nSPS) is 10.6.